The number of benzene rings is 2. The first kappa shape index (κ1) is 13.1. The highest BCUT2D eigenvalue weighted by molar-refractivity contribution is 6.10. The number of carbonyl (C=O) groups is 1. The van der Waals surface area contributed by atoms with Crippen LogP contribution in [-0.4, -0.2) is 29.0 Å². The van der Waals surface area contributed by atoms with Crippen LogP contribution in [-0.2, 0) is 0 Å². The number of hydrogen-bond donors (Lipinski definition) is 3. The highest BCUT2D eigenvalue weighted by Crippen LogP contribution is 2.29. The Labute approximate surface area is 134 Å². The van der Waals surface area contributed by atoms with E-state index in [0.29, 0.717) is 12.1 Å². The van der Waals surface area contributed by atoms with E-state index in [0.717, 1.165) is 28.4 Å². The summed E-state index contributed by atoms with van der Waals surface area (Å²) in [6.07, 6.45) is 3.49. The molecule has 23 heavy (non-hydrogen) atoms. The Hall–Kier alpha value is -2.33. The maximum Gasteiger partial charge on any atom is 0.251 e. The molecule has 3 heterocycles. The predicted octanol–water partition coefficient (Wildman–Crippen LogP) is 2.94. The Kier molecular flexibility index (Phi) is 2.76. The SMILES string of the molecule is O=C(N[C@@H]1C[C@H]2CC[C@@H]1N2)c1ccc2[nH]c3ccccc3c2c1. The fourth-order valence-corrected chi connectivity index (χ4v) is 4.22. The fraction of sp³-hybridized carbons (Fsp3) is 0.316. The first-order valence-corrected chi connectivity index (χ1v) is 8.35. The van der Waals surface area contributed by atoms with Crippen LogP contribution in [0.3, 0.4) is 0 Å². The molecule has 3 aromatic rings. The zero-order valence-corrected chi connectivity index (χ0v) is 12.8. The Bertz CT molecular complexity index is 913. The van der Waals surface area contributed by atoms with Crippen LogP contribution >= 0.6 is 0 Å². The topological polar surface area (TPSA) is 56.9 Å². The van der Waals surface area contributed by atoms with Crippen molar-refractivity contribution in [3.05, 3.63) is 48.0 Å². The van der Waals surface area contributed by atoms with E-state index >= 15 is 0 Å². The first-order valence-electron chi connectivity index (χ1n) is 8.35. The summed E-state index contributed by atoms with van der Waals surface area (Å²) in [5, 5.41) is 9.06. The number of amides is 1. The number of para-hydroxylation sites is 1. The monoisotopic (exact) mass is 305 g/mol. The summed E-state index contributed by atoms with van der Waals surface area (Å²) >= 11 is 0. The lowest BCUT2D eigenvalue weighted by Crippen LogP contribution is -2.42. The number of aromatic nitrogens is 1. The van der Waals surface area contributed by atoms with Crippen molar-refractivity contribution in [2.24, 2.45) is 0 Å². The number of carbonyl (C=O) groups excluding carboxylic acids is 1. The Morgan fingerprint density at radius 1 is 1.04 bits per heavy atom. The number of hydrogen-bond acceptors (Lipinski definition) is 2. The summed E-state index contributed by atoms with van der Waals surface area (Å²) in [5.74, 6) is 0.0385. The van der Waals surface area contributed by atoms with Crippen LogP contribution in [0.4, 0.5) is 0 Å². The van der Waals surface area contributed by atoms with Crippen molar-refractivity contribution in [3.63, 3.8) is 0 Å². The van der Waals surface area contributed by atoms with Crippen LogP contribution in [0.1, 0.15) is 29.6 Å². The molecule has 2 aliphatic heterocycles. The molecule has 0 unspecified atom stereocenters. The summed E-state index contributed by atoms with van der Waals surface area (Å²) in [4.78, 5) is 16.0. The lowest BCUT2D eigenvalue weighted by molar-refractivity contribution is 0.0931. The molecule has 3 N–H and O–H groups in total. The molecule has 116 valence electrons. The van der Waals surface area contributed by atoms with Gasteiger partial charge < -0.3 is 15.6 Å². The molecule has 2 fully saturated rings. The van der Waals surface area contributed by atoms with Gasteiger partial charge in [-0.25, -0.2) is 0 Å². The number of nitrogens with one attached hydrogen (secondary N) is 3. The van der Waals surface area contributed by atoms with Crippen molar-refractivity contribution in [3.8, 4) is 0 Å². The number of rotatable bonds is 2. The highest BCUT2D eigenvalue weighted by Gasteiger charge is 2.39. The van der Waals surface area contributed by atoms with Gasteiger partial charge >= 0.3 is 0 Å². The van der Waals surface area contributed by atoms with Crippen molar-refractivity contribution < 1.29 is 4.79 Å². The van der Waals surface area contributed by atoms with Gasteiger partial charge in [-0.2, -0.15) is 0 Å². The van der Waals surface area contributed by atoms with Crippen molar-refractivity contribution in [1.82, 2.24) is 15.6 Å². The fourth-order valence-electron chi connectivity index (χ4n) is 4.22. The summed E-state index contributed by atoms with van der Waals surface area (Å²) < 4.78 is 0. The van der Waals surface area contributed by atoms with E-state index in [4.69, 9.17) is 0 Å². The van der Waals surface area contributed by atoms with Crippen molar-refractivity contribution >= 4 is 27.7 Å². The largest absolute Gasteiger partial charge is 0.355 e. The molecule has 2 bridgehead atoms. The lowest BCUT2D eigenvalue weighted by atomic mass is 9.95. The molecule has 0 radical (unpaired) electrons. The minimum absolute atomic E-state index is 0.0385. The highest BCUT2D eigenvalue weighted by atomic mass is 16.1. The van der Waals surface area contributed by atoms with E-state index in [-0.39, 0.29) is 11.9 Å². The minimum Gasteiger partial charge on any atom is -0.355 e. The molecule has 5 rings (SSSR count). The Morgan fingerprint density at radius 3 is 2.74 bits per heavy atom. The van der Waals surface area contributed by atoms with E-state index in [2.05, 4.69) is 27.8 Å². The van der Waals surface area contributed by atoms with Crippen LogP contribution in [0.15, 0.2) is 42.5 Å². The molecule has 2 aromatic carbocycles. The molecule has 2 saturated heterocycles. The summed E-state index contributed by atoms with van der Waals surface area (Å²) in [6, 6.07) is 15.5. The van der Waals surface area contributed by atoms with E-state index in [1.165, 1.54) is 18.2 Å². The second-order valence-electron chi connectivity index (χ2n) is 6.79. The summed E-state index contributed by atoms with van der Waals surface area (Å²) in [7, 11) is 0. The summed E-state index contributed by atoms with van der Waals surface area (Å²) in [6.45, 7) is 0. The molecule has 1 amide bonds. The molecule has 0 spiro atoms. The van der Waals surface area contributed by atoms with E-state index in [1.807, 2.05) is 30.3 Å². The Balaban J connectivity index is 1.47. The molecule has 2 aliphatic rings. The van der Waals surface area contributed by atoms with E-state index in [9.17, 15) is 4.79 Å². The predicted molar refractivity (Wildman–Crippen MR) is 91.6 cm³/mol. The standard InChI is InChI=1S/C19H19N3O/c23-19(22-18-10-12-6-8-17(18)20-12)11-5-7-16-14(9-11)13-3-1-2-4-15(13)21-16/h1-5,7,9,12,17-18,20-21H,6,8,10H2,(H,22,23)/t12-,17+,18-/m1/s1. The molecular formula is C19H19N3O. The van der Waals surface area contributed by atoms with Gasteiger partial charge in [-0.05, 0) is 43.5 Å². The molecule has 0 aliphatic carbocycles. The molecule has 4 heteroatoms. The average molecular weight is 305 g/mol. The summed E-state index contributed by atoms with van der Waals surface area (Å²) in [5.41, 5.74) is 2.92. The maximum absolute atomic E-state index is 12.6. The second kappa shape index (κ2) is 4.83. The molecule has 0 saturated carbocycles. The van der Waals surface area contributed by atoms with Crippen LogP contribution < -0.4 is 10.6 Å². The van der Waals surface area contributed by atoms with Crippen molar-refractivity contribution in [1.29, 1.82) is 0 Å². The smallest absolute Gasteiger partial charge is 0.251 e. The lowest BCUT2D eigenvalue weighted by Gasteiger charge is -2.21. The average Bonchev–Trinajstić information content (AvgIpc) is 3.27. The zero-order chi connectivity index (χ0) is 15.4. The molecule has 3 atom stereocenters. The number of fused-ring (bicyclic) bond motifs is 5. The third-order valence-electron chi connectivity index (χ3n) is 5.38. The zero-order valence-electron chi connectivity index (χ0n) is 12.8. The van der Waals surface area contributed by atoms with Gasteiger partial charge in [-0.15, -0.1) is 0 Å². The third-order valence-corrected chi connectivity index (χ3v) is 5.38. The third kappa shape index (κ3) is 2.05. The Morgan fingerprint density at radius 2 is 1.91 bits per heavy atom. The second-order valence-corrected chi connectivity index (χ2v) is 6.79. The van der Waals surface area contributed by atoms with Gasteiger partial charge in [0.15, 0.2) is 0 Å². The van der Waals surface area contributed by atoms with Gasteiger partial charge in [0.1, 0.15) is 0 Å². The van der Waals surface area contributed by atoms with E-state index < -0.39 is 0 Å². The van der Waals surface area contributed by atoms with Gasteiger partial charge in [0.05, 0.1) is 0 Å². The number of H-pyrrole nitrogens is 1. The van der Waals surface area contributed by atoms with Crippen LogP contribution in [0.5, 0.6) is 0 Å². The van der Waals surface area contributed by atoms with Crippen molar-refractivity contribution in [2.75, 3.05) is 0 Å². The minimum atomic E-state index is 0.0385. The van der Waals surface area contributed by atoms with E-state index in [1.54, 1.807) is 0 Å². The van der Waals surface area contributed by atoms with Crippen LogP contribution in [0.2, 0.25) is 0 Å². The quantitative estimate of drug-likeness (QED) is 0.682. The van der Waals surface area contributed by atoms with Gasteiger partial charge in [-0.1, -0.05) is 18.2 Å². The normalized spacial score (nSPS) is 26.2. The van der Waals surface area contributed by atoms with Crippen LogP contribution in [0, 0.1) is 0 Å². The van der Waals surface area contributed by atoms with Gasteiger partial charge in [0, 0.05) is 45.5 Å². The van der Waals surface area contributed by atoms with Crippen LogP contribution in [0.25, 0.3) is 21.8 Å². The molecule has 1 aromatic heterocycles. The first-order chi connectivity index (χ1) is 11.3. The molecular weight excluding hydrogens is 286 g/mol. The van der Waals surface area contributed by atoms with Gasteiger partial charge in [0.25, 0.3) is 5.91 Å². The maximum atomic E-state index is 12.6. The number of aromatic amines is 1. The van der Waals surface area contributed by atoms with Gasteiger partial charge in [-0.3, -0.25) is 4.79 Å². The molecule has 4 nitrogen and oxygen atoms in total. The van der Waals surface area contributed by atoms with Crippen molar-refractivity contribution in [2.45, 2.75) is 37.4 Å². The van der Waals surface area contributed by atoms with Gasteiger partial charge in [0.2, 0.25) is 0 Å².